The second-order valence-electron chi connectivity index (χ2n) is 6.33. The third kappa shape index (κ3) is 9.48. The molecule has 0 spiro atoms. The lowest BCUT2D eigenvalue weighted by molar-refractivity contribution is -0.140. The Labute approximate surface area is 171 Å². The number of amides is 3. The molecule has 0 bridgehead atoms. The normalized spacial score (nSPS) is 12.3. The molecule has 1 rings (SSSR count). The number of carboxylic acids is 3. The van der Waals surface area contributed by atoms with Crippen molar-refractivity contribution in [3.8, 4) is 0 Å². The molecule has 0 saturated carbocycles. The zero-order chi connectivity index (χ0) is 22.5. The van der Waals surface area contributed by atoms with E-state index in [0.717, 1.165) is 0 Å². The Hall–Kier alpha value is -3.70. The van der Waals surface area contributed by atoms with Crippen molar-refractivity contribution in [3.63, 3.8) is 0 Å². The van der Waals surface area contributed by atoms with Gasteiger partial charge in [-0.3, -0.25) is 14.6 Å². The van der Waals surface area contributed by atoms with E-state index in [1.807, 2.05) is 0 Å². The first-order chi connectivity index (χ1) is 14.2. The summed E-state index contributed by atoms with van der Waals surface area (Å²) >= 11 is 0. The van der Waals surface area contributed by atoms with Gasteiger partial charge in [-0.2, -0.15) is 0 Å². The van der Waals surface area contributed by atoms with Crippen molar-refractivity contribution in [1.82, 2.24) is 20.9 Å². The van der Waals surface area contributed by atoms with Crippen LogP contribution >= 0.6 is 0 Å². The van der Waals surface area contributed by atoms with Crippen LogP contribution in [0.1, 0.15) is 42.5 Å². The Morgan fingerprint density at radius 3 is 2.10 bits per heavy atom. The van der Waals surface area contributed by atoms with Crippen LogP contribution in [-0.4, -0.2) is 68.8 Å². The SMILES string of the molecule is O=C(O)CC[C@H](NC(=O)N[C@@H](CCCCNC(=O)c1cccnc1)C(=O)O)C(=O)O. The van der Waals surface area contributed by atoms with E-state index in [-0.39, 0.29) is 18.7 Å². The number of urea groups is 1. The van der Waals surface area contributed by atoms with Crippen molar-refractivity contribution < 1.29 is 39.3 Å². The fourth-order valence-electron chi connectivity index (χ4n) is 2.42. The number of carboxylic acid groups (broad SMARTS) is 3. The molecule has 6 N–H and O–H groups in total. The van der Waals surface area contributed by atoms with Gasteiger partial charge in [0.15, 0.2) is 0 Å². The van der Waals surface area contributed by atoms with Crippen LogP contribution in [0.25, 0.3) is 0 Å². The Bertz CT molecular complexity index is 756. The molecule has 0 aliphatic rings. The number of rotatable bonds is 13. The maximum atomic E-state index is 11.9. The van der Waals surface area contributed by atoms with E-state index in [0.29, 0.717) is 24.9 Å². The quantitative estimate of drug-likeness (QED) is 0.237. The zero-order valence-corrected chi connectivity index (χ0v) is 16.0. The summed E-state index contributed by atoms with van der Waals surface area (Å²) in [5, 5.41) is 33.7. The molecule has 0 radical (unpaired) electrons. The summed E-state index contributed by atoms with van der Waals surface area (Å²) in [6.45, 7) is 0.294. The van der Waals surface area contributed by atoms with Crippen molar-refractivity contribution in [2.24, 2.45) is 0 Å². The Morgan fingerprint density at radius 1 is 0.933 bits per heavy atom. The van der Waals surface area contributed by atoms with Crippen LogP contribution in [0.5, 0.6) is 0 Å². The van der Waals surface area contributed by atoms with E-state index in [4.69, 9.17) is 10.2 Å². The van der Waals surface area contributed by atoms with Crippen LogP contribution in [0.3, 0.4) is 0 Å². The summed E-state index contributed by atoms with van der Waals surface area (Å²) in [7, 11) is 0. The highest BCUT2D eigenvalue weighted by atomic mass is 16.4. The topological polar surface area (TPSA) is 195 Å². The van der Waals surface area contributed by atoms with Crippen molar-refractivity contribution in [3.05, 3.63) is 30.1 Å². The molecule has 0 aromatic carbocycles. The highest BCUT2D eigenvalue weighted by Crippen LogP contribution is 2.03. The third-order valence-electron chi connectivity index (χ3n) is 3.98. The maximum Gasteiger partial charge on any atom is 0.326 e. The summed E-state index contributed by atoms with van der Waals surface area (Å²) in [5.41, 5.74) is 0.398. The number of carbonyl (C=O) groups excluding carboxylic acids is 2. The fraction of sp³-hybridized carbons (Fsp3) is 0.444. The van der Waals surface area contributed by atoms with Gasteiger partial charge < -0.3 is 31.3 Å². The summed E-state index contributed by atoms with van der Waals surface area (Å²) in [6, 6.07) is -0.525. The first-order valence-electron chi connectivity index (χ1n) is 9.13. The predicted molar refractivity (Wildman–Crippen MR) is 102 cm³/mol. The molecule has 1 heterocycles. The van der Waals surface area contributed by atoms with E-state index >= 15 is 0 Å². The highest BCUT2D eigenvalue weighted by Gasteiger charge is 2.24. The lowest BCUT2D eigenvalue weighted by Gasteiger charge is -2.18. The number of nitrogens with one attached hydrogen (secondary N) is 3. The summed E-state index contributed by atoms with van der Waals surface area (Å²) in [6.07, 6.45) is 3.02. The fourth-order valence-corrected chi connectivity index (χ4v) is 2.42. The van der Waals surface area contributed by atoms with Crippen molar-refractivity contribution in [2.75, 3.05) is 6.54 Å². The molecule has 30 heavy (non-hydrogen) atoms. The zero-order valence-electron chi connectivity index (χ0n) is 16.0. The smallest absolute Gasteiger partial charge is 0.326 e. The molecule has 12 heteroatoms. The monoisotopic (exact) mass is 424 g/mol. The molecule has 3 amide bonds. The van der Waals surface area contributed by atoms with Gasteiger partial charge in [-0.15, -0.1) is 0 Å². The van der Waals surface area contributed by atoms with Gasteiger partial charge in [-0.1, -0.05) is 0 Å². The molecule has 0 fully saturated rings. The average molecular weight is 424 g/mol. The standard InChI is InChI=1S/C18H24N4O8/c23-14(24)7-6-13(17(28)29)22-18(30)21-12(16(26)27)5-1-2-9-20-15(25)11-4-3-8-19-10-11/h3-4,8,10,12-13H,1-2,5-7,9H2,(H,20,25)(H,23,24)(H,26,27)(H,28,29)(H2,21,22,30)/t12-,13-/m0/s1. The first kappa shape index (κ1) is 24.3. The van der Waals surface area contributed by atoms with Crippen molar-refractivity contribution >= 4 is 29.8 Å². The van der Waals surface area contributed by atoms with Crippen molar-refractivity contribution in [2.45, 2.75) is 44.2 Å². The van der Waals surface area contributed by atoms with Gasteiger partial charge in [-0.05, 0) is 37.8 Å². The third-order valence-corrected chi connectivity index (χ3v) is 3.98. The van der Waals surface area contributed by atoms with Gasteiger partial charge in [0, 0.05) is 25.4 Å². The minimum absolute atomic E-state index is 0.0539. The molecule has 0 aliphatic carbocycles. The summed E-state index contributed by atoms with van der Waals surface area (Å²) < 4.78 is 0. The lowest BCUT2D eigenvalue weighted by Crippen LogP contribution is -2.51. The predicted octanol–water partition coefficient (Wildman–Crippen LogP) is 0.0521. The van der Waals surface area contributed by atoms with Gasteiger partial charge in [0.1, 0.15) is 12.1 Å². The molecule has 1 aromatic heterocycles. The molecule has 0 saturated heterocycles. The van der Waals surface area contributed by atoms with E-state index in [9.17, 15) is 29.1 Å². The van der Waals surface area contributed by atoms with Gasteiger partial charge in [0.25, 0.3) is 5.91 Å². The number of aliphatic carboxylic acids is 3. The minimum Gasteiger partial charge on any atom is -0.481 e. The number of nitrogens with zero attached hydrogens (tertiary/aromatic N) is 1. The minimum atomic E-state index is -1.46. The lowest BCUT2D eigenvalue weighted by atomic mass is 10.1. The van der Waals surface area contributed by atoms with E-state index in [2.05, 4.69) is 20.9 Å². The van der Waals surface area contributed by atoms with Crippen LogP contribution in [0.15, 0.2) is 24.5 Å². The first-order valence-corrected chi connectivity index (χ1v) is 9.13. The molecular formula is C18H24N4O8. The Morgan fingerprint density at radius 2 is 1.57 bits per heavy atom. The van der Waals surface area contributed by atoms with E-state index in [1.54, 1.807) is 12.1 Å². The van der Waals surface area contributed by atoms with Gasteiger partial charge >= 0.3 is 23.9 Å². The maximum absolute atomic E-state index is 11.9. The van der Waals surface area contributed by atoms with E-state index in [1.165, 1.54) is 12.4 Å². The van der Waals surface area contributed by atoms with Gasteiger partial charge in [0.2, 0.25) is 0 Å². The highest BCUT2D eigenvalue weighted by molar-refractivity contribution is 5.93. The van der Waals surface area contributed by atoms with Crippen molar-refractivity contribution in [1.29, 1.82) is 0 Å². The summed E-state index contributed by atoms with van der Waals surface area (Å²) in [4.78, 5) is 60.5. The van der Waals surface area contributed by atoms with Crippen LogP contribution in [0, 0.1) is 0 Å². The van der Waals surface area contributed by atoms with Crippen LogP contribution in [0.4, 0.5) is 4.79 Å². The second kappa shape index (κ2) is 12.7. The van der Waals surface area contributed by atoms with Crippen LogP contribution < -0.4 is 16.0 Å². The molecule has 0 aliphatic heterocycles. The Kier molecular flexibility index (Phi) is 10.3. The molecular weight excluding hydrogens is 400 g/mol. The summed E-state index contributed by atoms with van der Waals surface area (Å²) in [5.74, 6) is -4.26. The molecule has 0 unspecified atom stereocenters. The van der Waals surface area contributed by atoms with Crippen LogP contribution in [-0.2, 0) is 14.4 Å². The second-order valence-corrected chi connectivity index (χ2v) is 6.33. The number of hydrogen-bond donors (Lipinski definition) is 6. The molecule has 12 nitrogen and oxygen atoms in total. The number of unbranched alkanes of at least 4 members (excludes halogenated alkanes) is 1. The molecule has 1 aromatic rings. The molecule has 2 atom stereocenters. The largest absolute Gasteiger partial charge is 0.481 e. The van der Waals surface area contributed by atoms with Gasteiger partial charge in [-0.25, -0.2) is 14.4 Å². The average Bonchev–Trinajstić information content (AvgIpc) is 2.69. The number of carbonyl (C=O) groups is 5. The van der Waals surface area contributed by atoms with E-state index < -0.39 is 42.4 Å². The number of aromatic nitrogens is 1. The van der Waals surface area contributed by atoms with Crippen LogP contribution in [0.2, 0.25) is 0 Å². The Balaban J connectivity index is 2.39. The number of pyridine rings is 1. The number of hydrogen-bond acceptors (Lipinski definition) is 6. The molecule has 164 valence electrons. The van der Waals surface area contributed by atoms with Gasteiger partial charge in [0.05, 0.1) is 5.56 Å².